The fourth-order valence-corrected chi connectivity index (χ4v) is 2.88. The maximum Gasteiger partial charge on any atom is 0.330 e. The molecule has 3 atom stereocenters. The highest BCUT2D eigenvalue weighted by Gasteiger charge is 2.42. The Bertz CT molecular complexity index is 673. The number of ether oxygens (including phenoxy) is 1. The Hall–Kier alpha value is -1.89. The Kier molecular flexibility index (Phi) is 3.56. The van der Waals surface area contributed by atoms with Crippen LogP contribution in [0.5, 0.6) is 0 Å². The summed E-state index contributed by atoms with van der Waals surface area (Å²) in [5.41, 5.74) is -0.401. The van der Waals surface area contributed by atoms with Crippen molar-refractivity contribution in [1.82, 2.24) is 9.13 Å². The number of aliphatic hydroxyl groups excluding tert-OH is 1. The molecule has 0 bridgehead atoms. The number of carbonyl (C=O) groups is 1. The maximum absolute atomic E-state index is 12.2. The average molecular weight is 282 g/mol. The third-order valence-corrected chi connectivity index (χ3v) is 4.06. The van der Waals surface area contributed by atoms with Gasteiger partial charge in [0, 0.05) is 19.8 Å². The van der Waals surface area contributed by atoms with E-state index < -0.39 is 29.2 Å². The molecule has 1 heterocycles. The summed E-state index contributed by atoms with van der Waals surface area (Å²) in [6.45, 7) is 1.79. The zero-order valence-electron chi connectivity index (χ0n) is 11.9. The number of hydrogen-bond acceptors (Lipinski definition) is 5. The molecule has 0 aromatic carbocycles. The monoisotopic (exact) mass is 282 g/mol. The van der Waals surface area contributed by atoms with E-state index in [1.54, 1.807) is 14.0 Å². The highest BCUT2D eigenvalue weighted by molar-refractivity contribution is 5.74. The Balaban J connectivity index is 2.71. The van der Waals surface area contributed by atoms with Crippen molar-refractivity contribution in [2.45, 2.75) is 19.4 Å². The van der Waals surface area contributed by atoms with Crippen molar-refractivity contribution in [1.29, 1.82) is 0 Å². The molecule has 1 aliphatic carbocycles. The van der Waals surface area contributed by atoms with Gasteiger partial charge in [0.25, 0.3) is 5.56 Å². The van der Waals surface area contributed by atoms with Crippen molar-refractivity contribution in [3.63, 3.8) is 0 Å². The predicted octanol–water partition coefficient (Wildman–Crippen LogP) is -0.901. The molecule has 0 aliphatic heterocycles. The molecule has 1 N–H and O–H groups in total. The van der Waals surface area contributed by atoms with Crippen LogP contribution in [0.1, 0.15) is 24.3 Å². The second-order valence-electron chi connectivity index (χ2n) is 5.24. The molecule has 0 fully saturated rings. The maximum atomic E-state index is 12.2. The molecule has 0 radical (unpaired) electrons. The van der Waals surface area contributed by atoms with Gasteiger partial charge in [-0.05, 0) is 12.3 Å². The van der Waals surface area contributed by atoms with Crippen LogP contribution >= 0.6 is 0 Å². The van der Waals surface area contributed by atoms with Gasteiger partial charge < -0.3 is 14.4 Å². The lowest BCUT2D eigenvalue weighted by molar-refractivity contribution is -0.153. The molecule has 20 heavy (non-hydrogen) atoms. The predicted molar refractivity (Wildman–Crippen MR) is 70.3 cm³/mol. The molecule has 7 nitrogen and oxygen atoms in total. The topological polar surface area (TPSA) is 90.5 Å². The number of nitrogens with zero attached hydrogens (tertiary/aromatic N) is 2. The van der Waals surface area contributed by atoms with E-state index in [1.165, 1.54) is 18.7 Å². The second-order valence-corrected chi connectivity index (χ2v) is 5.24. The number of rotatable bonds is 1. The Labute approximate surface area is 115 Å². The number of fused-ring (bicyclic) bond motifs is 1. The summed E-state index contributed by atoms with van der Waals surface area (Å²) in [5.74, 6) is -1.56. The molecular formula is C13H18N2O5. The van der Waals surface area contributed by atoms with Gasteiger partial charge in [0.15, 0.2) is 0 Å². The zero-order valence-corrected chi connectivity index (χ0v) is 11.9. The first kappa shape index (κ1) is 14.5. The number of carbonyl (C=O) groups excluding carboxylic acids is 1. The van der Waals surface area contributed by atoms with Gasteiger partial charge >= 0.3 is 11.7 Å². The summed E-state index contributed by atoms with van der Waals surface area (Å²) in [7, 11) is 4.15. The lowest BCUT2D eigenvalue weighted by Gasteiger charge is -2.33. The summed E-state index contributed by atoms with van der Waals surface area (Å²) in [5, 5.41) is 10.4. The Morgan fingerprint density at radius 3 is 2.45 bits per heavy atom. The third kappa shape index (κ3) is 1.89. The fourth-order valence-electron chi connectivity index (χ4n) is 2.88. The zero-order chi connectivity index (χ0) is 15.2. The summed E-state index contributed by atoms with van der Waals surface area (Å²) >= 11 is 0. The first-order valence-electron chi connectivity index (χ1n) is 6.35. The van der Waals surface area contributed by atoms with E-state index >= 15 is 0 Å². The molecule has 1 aromatic heterocycles. The van der Waals surface area contributed by atoms with Crippen LogP contribution in [0, 0.1) is 11.8 Å². The molecule has 0 spiro atoms. The average Bonchev–Trinajstić information content (AvgIpc) is 2.41. The lowest BCUT2D eigenvalue weighted by atomic mass is 9.77. The summed E-state index contributed by atoms with van der Waals surface area (Å²) in [6, 6.07) is 0. The van der Waals surface area contributed by atoms with E-state index in [9.17, 15) is 19.5 Å². The van der Waals surface area contributed by atoms with Crippen molar-refractivity contribution in [3.8, 4) is 0 Å². The van der Waals surface area contributed by atoms with Crippen molar-refractivity contribution in [2.75, 3.05) is 7.11 Å². The fraction of sp³-hybridized carbons (Fsp3) is 0.615. The molecule has 1 aliphatic rings. The van der Waals surface area contributed by atoms with Gasteiger partial charge in [0.2, 0.25) is 0 Å². The van der Waals surface area contributed by atoms with Crippen LogP contribution in [-0.2, 0) is 30.0 Å². The van der Waals surface area contributed by atoms with E-state index in [4.69, 9.17) is 4.74 Å². The molecule has 0 unspecified atom stereocenters. The van der Waals surface area contributed by atoms with Crippen LogP contribution in [-0.4, -0.2) is 27.3 Å². The minimum Gasteiger partial charge on any atom is -0.469 e. The molecule has 110 valence electrons. The molecule has 2 rings (SSSR count). The van der Waals surface area contributed by atoms with Gasteiger partial charge in [-0.2, -0.15) is 0 Å². The molecule has 1 aromatic rings. The molecule has 7 heteroatoms. The van der Waals surface area contributed by atoms with Crippen LogP contribution in [0.2, 0.25) is 0 Å². The highest BCUT2D eigenvalue weighted by atomic mass is 16.5. The second kappa shape index (κ2) is 4.90. The smallest absolute Gasteiger partial charge is 0.330 e. The minimum atomic E-state index is -1.26. The van der Waals surface area contributed by atoms with Gasteiger partial charge in [-0.15, -0.1) is 0 Å². The first-order valence-corrected chi connectivity index (χ1v) is 6.35. The number of esters is 1. The number of aliphatic hydroxyl groups is 1. The van der Waals surface area contributed by atoms with Gasteiger partial charge in [-0.25, -0.2) is 4.79 Å². The van der Waals surface area contributed by atoms with Gasteiger partial charge in [-0.1, -0.05) is 6.92 Å². The summed E-state index contributed by atoms with van der Waals surface area (Å²) < 4.78 is 6.98. The number of hydrogen-bond donors (Lipinski definition) is 1. The molecule has 0 saturated heterocycles. The third-order valence-electron chi connectivity index (χ3n) is 4.06. The first-order chi connectivity index (χ1) is 9.31. The number of aromatic nitrogens is 2. The van der Waals surface area contributed by atoms with E-state index in [0.717, 1.165) is 4.57 Å². The van der Waals surface area contributed by atoms with Gasteiger partial charge in [0.1, 0.15) is 0 Å². The van der Waals surface area contributed by atoms with Crippen molar-refractivity contribution < 1.29 is 14.6 Å². The van der Waals surface area contributed by atoms with E-state index in [1.807, 2.05) is 0 Å². The lowest BCUT2D eigenvalue weighted by Crippen LogP contribution is -2.47. The quantitative estimate of drug-likeness (QED) is 0.674. The standard InChI is InChI=1S/C13H18N2O5/c1-6-5-7-9(10(16)8(6)12(18)20-4)11(17)15(3)13(19)14(7)2/h6,8,10,16H,5H2,1-4H3/t6-,8+,10+/m0/s1. The minimum absolute atomic E-state index is 0.114. The summed E-state index contributed by atoms with van der Waals surface area (Å²) in [6.07, 6.45) is -0.889. The van der Waals surface area contributed by atoms with E-state index in [2.05, 4.69) is 0 Å². The highest BCUT2D eigenvalue weighted by Crippen LogP contribution is 2.36. The van der Waals surface area contributed by atoms with Crippen LogP contribution in [0.15, 0.2) is 9.59 Å². The van der Waals surface area contributed by atoms with Crippen LogP contribution in [0.4, 0.5) is 0 Å². The Morgan fingerprint density at radius 1 is 1.30 bits per heavy atom. The van der Waals surface area contributed by atoms with Crippen LogP contribution in [0.3, 0.4) is 0 Å². The Morgan fingerprint density at radius 2 is 1.90 bits per heavy atom. The van der Waals surface area contributed by atoms with Crippen LogP contribution in [0.25, 0.3) is 0 Å². The summed E-state index contributed by atoms with van der Waals surface area (Å²) in [4.78, 5) is 35.9. The van der Waals surface area contributed by atoms with Gasteiger partial charge in [-0.3, -0.25) is 14.2 Å². The van der Waals surface area contributed by atoms with Gasteiger partial charge in [0.05, 0.1) is 24.7 Å². The van der Waals surface area contributed by atoms with E-state index in [-0.39, 0.29) is 11.5 Å². The van der Waals surface area contributed by atoms with E-state index in [0.29, 0.717) is 12.1 Å². The van der Waals surface area contributed by atoms with Crippen LogP contribution < -0.4 is 11.2 Å². The molecule has 0 saturated carbocycles. The van der Waals surface area contributed by atoms with Crippen molar-refractivity contribution in [3.05, 3.63) is 32.1 Å². The normalized spacial score (nSPS) is 25.1. The SMILES string of the molecule is COC(=O)[C@@H]1[C@@H](C)Cc2c(c(=O)n(C)c(=O)n2C)[C@@H]1O. The molecule has 0 amide bonds. The van der Waals surface area contributed by atoms with Crippen molar-refractivity contribution >= 4 is 5.97 Å². The molecular weight excluding hydrogens is 264 g/mol. The van der Waals surface area contributed by atoms with Crippen molar-refractivity contribution in [2.24, 2.45) is 25.9 Å². The largest absolute Gasteiger partial charge is 0.469 e. The number of methoxy groups -OCH3 is 1.